The largest absolute Gasteiger partial charge is 0.484 e. The molecule has 0 radical (unpaired) electrons. The Hall–Kier alpha value is -2.25. The molecule has 3 rings (SSSR count). The van der Waals surface area contributed by atoms with E-state index in [9.17, 15) is 4.79 Å². The van der Waals surface area contributed by atoms with Gasteiger partial charge < -0.3 is 14.5 Å². The van der Waals surface area contributed by atoms with Crippen molar-refractivity contribution in [2.45, 2.75) is 26.6 Å². The van der Waals surface area contributed by atoms with Gasteiger partial charge in [0.1, 0.15) is 18.1 Å². The van der Waals surface area contributed by atoms with Gasteiger partial charge in [-0.2, -0.15) is 5.10 Å². The number of aryl methyl sites for hydroxylation is 1. The molecular weight excluding hydrogens is 422 g/mol. The second-order valence-electron chi connectivity index (χ2n) is 5.42. The monoisotopic (exact) mass is 437 g/mol. The Morgan fingerprint density at radius 1 is 1.35 bits per heavy atom. The highest BCUT2D eigenvalue weighted by Crippen LogP contribution is 2.25. The third kappa shape index (κ3) is 4.28. The molecule has 6 nitrogen and oxygen atoms in total. The van der Waals surface area contributed by atoms with E-state index in [4.69, 9.17) is 20.8 Å². The molecule has 2 aromatic heterocycles. The van der Waals surface area contributed by atoms with E-state index in [2.05, 4.69) is 26.3 Å². The van der Waals surface area contributed by atoms with Crippen LogP contribution in [-0.2, 0) is 19.7 Å². The molecule has 0 aliphatic heterocycles. The molecule has 26 heavy (non-hydrogen) atoms. The lowest BCUT2D eigenvalue weighted by molar-refractivity contribution is 0.0918. The second-order valence-corrected chi connectivity index (χ2v) is 6.68. The molecule has 2 heterocycles. The molecule has 0 atom stereocenters. The Morgan fingerprint density at radius 3 is 2.92 bits per heavy atom. The van der Waals surface area contributed by atoms with Gasteiger partial charge in [-0.1, -0.05) is 23.7 Å². The van der Waals surface area contributed by atoms with Crippen molar-refractivity contribution in [2.24, 2.45) is 0 Å². The summed E-state index contributed by atoms with van der Waals surface area (Å²) in [5.74, 6) is 1.16. The molecule has 3 aromatic rings. The van der Waals surface area contributed by atoms with Crippen molar-refractivity contribution in [3.8, 4) is 5.75 Å². The molecule has 0 fully saturated rings. The fourth-order valence-corrected chi connectivity index (χ4v) is 2.98. The van der Waals surface area contributed by atoms with Crippen molar-refractivity contribution in [3.63, 3.8) is 0 Å². The minimum atomic E-state index is -0.322. The quantitative estimate of drug-likeness (QED) is 0.593. The summed E-state index contributed by atoms with van der Waals surface area (Å²) in [5, 5.41) is 7.45. The van der Waals surface area contributed by atoms with Crippen LogP contribution in [0.5, 0.6) is 5.75 Å². The third-order valence-electron chi connectivity index (χ3n) is 3.71. The van der Waals surface area contributed by atoms with E-state index in [0.29, 0.717) is 23.1 Å². The highest BCUT2D eigenvalue weighted by molar-refractivity contribution is 9.10. The zero-order chi connectivity index (χ0) is 18.5. The van der Waals surface area contributed by atoms with Gasteiger partial charge in [-0.15, -0.1) is 0 Å². The van der Waals surface area contributed by atoms with Crippen molar-refractivity contribution >= 4 is 33.4 Å². The zero-order valence-electron chi connectivity index (χ0n) is 14.0. The van der Waals surface area contributed by atoms with Crippen LogP contribution in [0.1, 0.15) is 28.9 Å². The summed E-state index contributed by atoms with van der Waals surface area (Å²) in [5.41, 5.74) is 0.756. The summed E-state index contributed by atoms with van der Waals surface area (Å²) in [6.45, 7) is 3.13. The number of amides is 1. The summed E-state index contributed by atoms with van der Waals surface area (Å²) in [7, 11) is 0. The van der Waals surface area contributed by atoms with Crippen LogP contribution in [0, 0.1) is 0 Å². The Bertz CT molecular complexity index is 907. The summed E-state index contributed by atoms with van der Waals surface area (Å²) in [4.78, 5) is 12.3. The average molecular weight is 439 g/mol. The second kappa shape index (κ2) is 8.42. The van der Waals surface area contributed by atoms with Crippen LogP contribution in [0.2, 0.25) is 5.02 Å². The van der Waals surface area contributed by atoms with Crippen LogP contribution in [0.25, 0.3) is 0 Å². The Kier molecular flexibility index (Phi) is 6.00. The van der Waals surface area contributed by atoms with E-state index in [-0.39, 0.29) is 24.8 Å². The van der Waals surface area contributed by atoms with Crippen LogP contribution >= 0.6 is 27.5 Å². The van der Waals surface area contributed by atoms with E-state index in [1.165, 1.54) is 0 Å². The lowest BCUT2D eigenvalue weighted by Gasteiger charge is -2.07. The van der Waals surface area contributed by atoms with Crippen molar-refractivity contribution < 1.29 is 13.9 Å². The van der Waals surface area contributed by atoms with E-state index in [0.717, 1.165) is 10.2 Å². The highest BCUT2D eigenvalue weighted by atomic mass is 79.9. The summed E-state index contributed by atoms with van der Waals surface area (Å²) < 4.78 is 13.8. The SMILES string of the molecule is CCn1ncc(Cl)c1CNC(=O)c1ccc(COc2ccccc2Br)o1. The number of benzene rings is 1. The number of halogens is 2. The number of hydrogen-bond donors (Lipinski definition) is 1. The van der Waals surface area contributed by atoms with Crippen molar-refractivity contribution in [2.75, 3.05) is 0 Å². The number of nitrogens with zero attached hydrogens (tertiary/aromatic N) is 2. The number of furan rings is 1. The topological polar surface area (TPSA) is 69.3 Å². The molecule has 1 aromatic carbocycles. The van der Waals surface area contributed by atoms with Gasteiger partial charge in [0, 0.05) is 6.54 Å². The number of carbonyl (C=O) groups excluding carboxylic acids is 1. The van der Waals surface area contributed by atoms with Gasteiger partial charge in [-0.3, -0.25) is 9.48 Å². The first kappa shape index (κ1) is 18.5. The van der Waals surface area contributed by atoms with Crippen LogP contribution in [0.3, 0.4) is 0 Å². The van der Waals surface area contributed by atoms with Crippen molar-refractivity contribution in [1.29, 1.82) is 0 Å². The number of carbonyl (C=O) groups is 1. The molecule has 136 valence electrons. The van der Waals surface area contributed by atoms with E-state index >= 15 is 0 Å². The summed E-state index contributed by atoms with van der Waals surface area (Å²) in [6.07, 6.45) is 1.57. The first-order valence-corrected chi connectivity index (χ1v) is 9.20. The van der Waals surface area contributed by atoms with E-state index in [1.807, 2.05) is 31.2 Å². The maximum atomic E-state index is 12.3. The number of ether oxygens (including phenoxy) is 1. The normalized spacial score (nSPS) is 10.7. The van der Waals surface area contributed by atoms with E-state index in [1.54, 1.807) is 23.0 Å². The fourth-order valence-electron chi connectivity index (χ4n) is 2.38. The Morgan fingerprint density at radius 2 is 2.15 bits per heavy atom. The molecule has 8 heteroatoms. The molecule has 1 amide bonds. The predicted octanol–water partition coefficient (Wildman–Crippen LogP) is 4.42. The number of para-hydroxylation sites is 1. The maximum absolute atomic E-state index is 12.3. The molecule has 0 bridgehead atoms. The fraction of sp³-hybridized carbons (Fsp3) is 0.222. The lowest BCUT2D eigenvalue weighted by atomic mass is 10.3. The number of hydrogen-bond acceptors (Lipinski definition) is 4. The molecule has 0 spiro atoms. The van der Waals surface area contributed by atoms with Crippen LogP contribution in [0.4, 0.5) is 0 Å². The van der Waals surface area contributed by atoms with Crippen LogP contribution in [-0.4, -0.2) is 15.7 Å². The Labute approximate surface area is 164 Å². The molecular formula is C18H17BrClN3O3. The minimum absolute atomic E-state index is 0.217. The predicted molar refractivity (Wildman–Crippen MR) is 101 cm³/mol. The van der Waals surface area contributed by atoms with Gasteiger partial charge in [0.15, 0.2) is 5.76 Å². The van der Waals surface area contributed by atoms with Gasteiger partial charge in [0.25, 0.3) is 5.91 Å². The van der Waals surface area contributed by atoms with Gasteiger partial charge >= 0.3 is 0 Å². The molecule has 0 unspecified atom stereocenters. The smallest absolute Gasteiger partial charge is 0.287 e. The maximum Gasteiger partial charge on any atom is 0.287 e. The standard InChI is InChI=1S/C18H17BrClN3O3/c1-2-23-15(14(20)9-22-23)10-21-18(24)17-8-7-12(26-17)11-25-16-6-4-3-5-13(16)19/h3-9H,2,10-11H2,1H3,(H,21,24). The van der Waals surface area contributed by atoms with Crippen molar-refractivity contribution in [1.82, 2.24) is 15.1 Å². The van der Waals surface area contributed by atoms with Crippen molar-refractivity contribution in [3.05, 3.63) is 69.3 Å². The number of rotatable bonds is 7. The van der Waals surface area contributed by atoms with Gasteiger partial charge in [0.05, 0.1) is 27.9 Å². The zero-order valence-corrected chi connectivity index (χ0v) is 16.4. The minimum Gasteiger partial charge on any atom is -0.484 e. The number of aromatic nitrogens is 2. The average Bonchev–Trinajstić information content (AvgIpc) is 3.25. The lowest BCUT2D eigenvalue weighted by Crippen LogP contribution is -2.24. The number of nitrogens with one attached hydrogen (secondary N) is 1. The van der Waals surface area contributed by atoms with Crippen LogP contribution in [0.15, 0.2) is 51.5 Å². The molecule has 1 N–H and O–H groups in total. The molecule has 0 aliphatic carbocycles. The van der Waals surface area contributed by atoms with Gasteiger partial charge in [-0.05, 0) is 47.1 Å². The molecule has 0 aliphatic rings. The molecule has 0 saturated heterocycles. The first-order chi connectivity index (χ1) is 12.6. The van der Waals surface area contributed by atoms with Crippen LogP contribution < -0.4 is 10.1 Å². The highest BCUT2D eigenvalue weighted by Gasteiger charge is 2.14. The van der Waals surface area contributed by atoms with Gasteiger partial charge in [-0.25, -0.2) is 0 Å². The summed E-state index contributed by atoms with van der Waals surface area (Å²) >= 11 is 9.51. The molecule has 0 saturated carbocycles. The summed E-state index contributed by atoms with van der Waals surface area (Å²) in [6, 6.07) is 10.9. The third-order valence-corrected chi connectivity index (χ3v) is 4.68. The first-order valence-electron chi connectivity index (χ1n) is 8.03. The van der Waals surface area contributed by atoms with E-state index < -0.39 is 0 Å². The Balaban J connectivity index is 1.58. The van der Waals surface area contributed by atoms with Gasteiger partial charge in [0.2, 0.25) is 0 Å².